The van der Waals surface area contributed by atoms with Crippen molar-refractivity contribution in [3.8, 4) is 0 Å². The van der Waals surface area contributed by atoms with Crippen LogP contribution in [0.25, 0.3) is 0 Å². The van der Waals surface area contributed by atoms with Gasteiger partial charge in [-0.2, -0.15) is 0 Å². The van der Waals surface area contributed by atoms with E-state index in [1.165, 1.54) is 0 Å². The monoisotopic (exact) mass is 315 g/mol. The standard InChI is InChI=1S/C12H30NO4Si.ClH/c1-13(2,9-6-7-11-14)10-8-12-18(15-3,16-4)17-5;/h14H,6-12H2,1-5H3;1H/q+1;/p-1. The molecule has 118 valence electrons. The van der Waals surface area contributed by atoms with E-state index in [0.29, 0.717) is 0 Å². The van der Waals surface area contributed by atoms with E-state index in [1.54, 1.807) is 21.3 Å². The third-order valence-corrected chi connectivity index (χ3v) is 6.18. The topological polar surface area (TPSA) is 47.9 Å². The number of aliphatic hydroxyl groups excluding tert-OH is 1. The molecule has 0 rings (SSSR count). The summed E-state index contributed by atoms with van der Waals surface area (Å²) in [6.07, 6.45) is 2.97. The molecule has 0 radical (unpaired) electrons. The molecule has 0 saturated carbocycles. The van der Waals surface area contributed by atoms with Gasteiger partial charge in [0.05, 0.1) is 27.2 Å². The van der Waals surface area contributed by atoms with Crippen LogP contribution in [-0.4, -0.2) is 73.5 Å². The summed E-state index contributed by atoms with van der Waals surface area (Å²) < 4.78 is 17.2. The van der Waals surface area contributed by atoms with Crippen molar-refractivity contribution < 1.29 is 35.3 Å². The second-order valence-corrected chi connectivity index (χ2v) is 8.30. The Bertz CT molecular complexity index is 208. The van der Waals surface area contributed by atoms with Gasteiger partial charge >= 0.3 is 8.80 Å². The van der Waals surface area contributed by atoms with E-state index in [4.69, 9.17) is 18.4 Å². The number of halogens is 1. The maximum absolute atomic E-state index is 8.79. The van der Waals surface area contributed by atoms with Crippen molar-refractivity contribution in [3.63, 3.8) is 0 Å². The molecule has 0 fully saturated rings. The number of quaternary nitrogens is 1. The van der Waals surface area contributed by atoms with Crippen LogP contribution in [0.1, 0.15) is 19.3 Å². The van der Waals surface area contributed by atoms with Crippen molar-refractivity contribution >= 4 is 8.80 Å². The van der Waals surface area contributed by atoms with Crippen LogP contribution in [0.15, 0.2) is 0 Å². The van der Waals surface area contributed by atoms with E-state index >= 15 is 0 Å². The van der Waals surface area contributed by atoms with E-state index in [1.807, 2.05) is 0 Å². The fraction of sp³-hybridized carbons (Fsp3) is 1.00. The van der Waals surface area contributed by atoms with Crippen LogP contribution < -0.4 is 12.4 Å². The van der Waals surface area contributed by atoms with Crippen molar-refractivity contribution in [2.45, 2.75) is 25.3 Å². The van der Waals surface area contributed by atoms with Gasteiger partial charge in [-0.3, -0.25) is 0 Å². The van der Waals surface area contributed by atoms with Crippen LogP contribution in [0, 0.1) is 0 Å². The molecule has 0 spiro atoms. The van der Waals surface area contributed by atoms with Gasteiger partial charge in [-0.25, -0.2) is 0 Å². The zero-order chi connectivity index (χ0) is 14.1. The summed E-state index contributed by atoms with van der Waals surface area (Å²) >= 11 is 0. The van der Waals surface area contributed by atoms with Crippen molar-refractivity contribution in [2.75, 3.05) is 55.1 Å². The highest BCUT2D eigenvalue weighted by Crippen LogP contribution is 2.16. The molecule has 0 aromatic carbocycles. The van der Waals surface area contributed by atoms with E-state index in [9.17, 15) is 0 Å². The number of aliphatic hydroxyl groups is 1. The van der Waals surface area contributed by atoms with Gasteiger partial charge in [0.2, 0.25) is 0 Å². The van der Waals surface area contributed by atoms with Crippen molar-refractivity contribution in [2.24, 2.45) is 0 Å². The normalized spacial score (nSPS) is 12.3. The molecule has 0 unspecified atom stereocenters. The minimum Gasteiger partial charge on any atom is -1.00 e. The number of rotatable bonds is 11. The quantitative estimate of drug-likeness (QED) is 0.275. The van der Waals surface area contributed by atoms with Crippen molar-refractivity contribution in [3.05, 3.63) is 0 Å². The average Bonchev–Trinajstić information content (AvgIpc) is 2.35. The van der Waals surface area contributed by atoms with Crippen LogP contribution in [-0.2, 0) is 13.3 Å². The largest absolute Gasteiger partial charge is 1.00 e. The molecule has 0 saturated heterocycles. The van der Waals surface area contributed by atoms with Gasteiger partial charge in [0.25, 0.3) is 0 Å². The number of unbranched alkanes of at least 4 members (excludes halogenated alkanes) is 1. The van der Waals surface area contributed by atoms with Crippen LogP contribution in [0.2, 0.25) is 6.04 Å². The van der Waals surface area contributed by atoms with E-state index in [2.05, 4.69) is 14.1 Å². The SMILES string of the molecule is CO[Si](CCC[N+](C)(C)CCCCO)(OC)OC.[Cl-]. The Morgan fingerprint density at radius 2 is 1.37 bits per heavy atom. The highest BCUT2D eigenvalue weighted by Gasteiger charge is 2.37. The first-order valence-electron chi connectivity index (χ1n) is 6.53. The van der Waals surface area contributed by atoms with Crippen LogP contribution >= 0.6 is 0 Å². The fourth-order valence-electron chi connectivity index (χ4n) is 2.04. The minimum atomic E-state index is -2.41. The molecule has 0 aliphatic carbocycles. The zero-order valence-corrected chi connectivity index (χ0v) is 14.7. The van der Waals surface area contributed by atoms with Crippen molar-refractivity contribution in [1.82, 2.24) is 0 Å². The molecule has 1 N–H and O–H groups in total. The third kappa shape index (κ3) is 8.96. The Kier molecular flexibility index (Phi) is 12.5. The number of hydrogen-bond acceptors (Lipinski definition) is 4. The molecule has 0 aliphatic rings. The second kappa shape index (κ2) is 11.0. The number of hydrogen-bond donors (Lipinski definition) is 1. The van der Waals surface area contributed by atoms with Gasteiger partial charge in [-0.05, 0) is 12.8 Å². The van der Waals surface area contributed by atoms with Gasteiger partial charge in [0, 0.05) is 40.4 Å². The average molecular weight is 316 g/mol. The van der Waals surface area contributed by atoms with Gasteiger partial charge in [0.1, 0.15) is 0 Å². The first-order valence-corrected chi connectivity index (χ1v) is 8.47. The molecule has 7 heteroatoms. The second-order valence-electron chi connectivity index (χ2n) is 5.21. The van der Waals surface area contributed by atoms with Gasteiger partial charge < -0.3 is 35.3 Å². The lowest BCUT2D eigenvalue weighted by Gasteiger charge is -2.31. The summed E-state index contributed by atoms with van der Waals surface area (Å²) in [6.45, 7) is 2.44. The lowest BCUT2D eigenvalue weighted by atomic mass is 10.2. The Labute approximate surface area is 125 Å². The molecule has 19 heavy (non-hydrogen) atoms. The molecule has 0 aromatic rings. The van der Waals surface area contributed by atoms with E-state index in [-0.39, 0.29) is 19.0 Å². The van der Waals surface area contributed by atoms with Crippen LogP contribution in [0.5, 0.6) is 0 Å². The van der Waals surface area contributed by atoms with Crippen LogP contribution in [0.4, 0.5) is 0 Å². The Balaban J connectivity index is 0. The van der Waals surface area contributed by atoms with E-state index in [0.717, 1.165) is 42.9 Å². The lowest BCUT2D eigenvalue weighted by molar-refractivity contribution is -0.890. The maximum Gasteiger partial charge on any atom is 0.500 e. The predicted octanol–water partition coefficient (Wildman–Crippen LogP) is -1.89. The van der Waals surface area contributed by atoms with Crippen LogP contribution in [0.3, 0.4) is 0 Å². The summed E-state index contributed by atoms with van der Waals surface area (Å²) in [4.78, 5) is 0. The van der Waals surface area contributed by atoms with Gasteiger partial charge in [-0.1, -0.05) is 0 Å². The molecule has 0 aliphatic heterocycles. The summed E-state index contributed by atoms with van der Waals surface area (Å²) in [7, 11) is 6.99. The number of nitrogens with zero attached hydrogens (tertiary/aromatic N) is 1. The minimum absolute atomic E-state index is 0. The first-order chi connectivity index (χ1) is 8.45. The fourth-order valence-corrected chi connectivity index (χ4v) is 3.75. The Morgan fingerprint density at radius 3 is 1.79 bits per heavy atom. The summed E-state index contributed by atoms with van der Waals surface area (Å²) in [5, 5.41) is 8.79. The zero-order valence-electron chi connectivity index (χ0n) is 12.9. The van der Waals surface area contributed by atoms with Gasteiger partial charge in [-0.15, -0.1) is 0 Å². The van der Waals surface area contributed by atoms with Crippen molar-refractivity contribution in [1.29, 1.82) is 0 Å². The molecule has 0 bridgehead atoms. The summed E-state index contributed by atoms with van der Waals surface area (Å²) in [5.74, 6) is 0. The highest BCUT2D eigenvalue weighted by atomic mass is 35.5. The predicted molar refractivity (Wildman–Crippen MR) is 74.4 cm³/mol. The molecule has 5 nitrogen and oxygen atoms in total. The maximum atomic E-state index is 8.79. The molecule has 0 aromatic heterocycles. The molecular weight excluding hydrogens is 286 g/mol. The highest BCUT2D eigenvalue weighted by molar-refractivity contribution is 6.60. The molecule has 0 atom stereocenters. The molecular formula is C12H30ClNO4Si. The summed E-state index contributed by atoms with van der Waals surface area (Å²) in [5.41, 5.74) is 0. The molecule has 0 heterocycles. The lowest BCUT2D eigenvalue weighted by Crippen LogP contribution is -3.00. The van der Waals surface area contributed by atoms with Gasteiger partial charge in [0.15, 0.2) is 0 Å². The first kappa shape index (κ1) is 21.6. The van der Waals surface area contributed by atoms with E-state index < -0.39 is 8.80 Å². The summed E-state index contributed by atoms with van der Waals surface area (Å²) in [6, 6.07) is 0.845. The Morgan fingerprint density at radius 1 is 0.895 bits per heavy atom. The third-order valence-electron chi connectivity index (χ3n) is 3.35. The Hall–Kier alpha value is 0.307. The molecule has 0 amide bonds. The smallest absolute Gasteiger partial charge is 0.500 e.